The van der Waals surface area contributed by atoms with Gasteiger partial charge in [-0.2, -0.15) is 0 Å². The van der Waals surface area contributed by atoms with Gasteiger partial charge in [-0.3, -0.25) is 0 Å². The average Bonchev–Trinajstić information content (AvgIpc) is 3.81. The van der Waals surface area contributed by atoms with E-state index in [9.17, 15) is 0 Å². The summed E-state index contributed by atoms with van der Waals surface area (Å²) in [6.45, 7) is 0. The van der Waals surface area contributed by atoms with Crippen molar-refractivity contribution in [3.63, 3.8) is 0 Å². The molecule has 0 unspecified atom stereocenters. The number of benzene rings is 7. The molecule has 0 atom stereocenters. The second-order valence-corrected chi connectivity index (χ2v) is 13.6. The summed E-state index contributed by atoms with van der Waals surface area (Å²) in [7, 11) is 0. The molecule has 2 aliphatic carbocycles. The Morgan fingerprint density at radius 2 is 1.47 bits per heavy atom. The molecular formula is C43H26N2OS. The first-order chi connectivity index (χ1) is 23.3. The molecule has 11 rings (SSSR count). The van der Waals surface area contributed by atoms with E-state index in [1.54, 1.807) is 11.3 Å². The number of hydrogen-bond donors (Lipinski definition) is 0. The number of aromatic nitrogens is 1. The molecule has 2 aromatic heterocycles. The zero-order valence-corrected chi connectivity index (χ0v) is 26.1. The number of anilines is 3. The molecule has 0 N–H and O–H groups in total. The van der Waals surface area contributed by atoms with Crippen molar-refractivity contribution in [2.24, 2.45) is 0 Å². The number of thiazole rings is 1. The van der Waals surface area contributed by atoms with Crippen LogP contribution in [0.2, 0.25) is 0 Å². The first-order valence-corrected chi connectivity index (χ1v) is 17.0. The van der Waals surface area contributed by atoms with Crippen LogP contribution in [0.1, 0.15) is 17.7 Å². The fraction of sp³-hybridized carbons (Fsp3) is 0.0465. The Bertz CT molecular complexity index is 2740. The monoisotopic (exact) mass is 618 g/mol. The standard InChI is InChI=1S/C43H26N2OS/c1-3-9-26(10-4-1)43-44-41-33-20-16-25-15-19-32-35(22-17-27-23-34(42(41)47-43)40(33)39(25)38(27)32)45(28-11-5-2-6-12-28)29-18-21-31-30-13-7-8-14-36(30)46-37(31)24-29/h1-7,9-13,15-24H,8,14H2. The minimum Gasteiger partial charge on any atom is -0.460 e. The summed E-state index contributed by atoms with van der Waals surface area (Å²) >= 11 is 1.80. The summed E-state index contributed by atoms with van der Waals surface area (Å²) in [4.78, 5) is 8.87. The molecule has 47 heavy (non-hydrogen) atoms. The van der Waals surface area contributed by atoms with Gasteiger partial charge in [0.1, 0.15) is 16.4 Å². The number of para-hydroxylation sites is 1. The lowest BCUT2D eigenvalue weighted by Crippen LogP contribution is -2.10. The number of hydrogen-bond acceptors (Lipinski definition) is 4. The summed E-state index contributed by atoms with van der Waals surface area (Å²) in [6, 6.07) is 44.1. The average molecular weight is 619 g/mol. The number of rotatable bonds is 4. The van der Waals surface area contributed by atoms with Crippen molar-refractivity contribution < 1.29 is 4.42 Å². The molecule has 220 valence electrons. The van der Waals surface area contributed by atoms with Crippen molar-refractivity contribution in [2.45, 2.75) is 12.8 Å². The van der Waals surface area contributed by atoms with Gasteiger partial charge in [-0.1, -0.05) is 91.0 Å². The van der Waals surface area contributed by atoms with E-state index >= 15 is 0 Å². The number of nitrogens with zero attached hydrogens (tertiary/aromatic N) is 2. The van der Waals surface area contributed by atoms with Gasteiger partial charge < -0.3 is 9.32 Å². The normalized spacial score (nSPS) is 13.3. The van der Waals surface area contributed by atoms with Crippen LogP contribution in [0.3, 0.4) is 0 Å². The molecule has 0 bridgehead atoms. The van der Waals surface area contributed by atoms with Gasteiger partial charge in [0, 0.05) is 62.3 Å². The van der Waals surface area contributed by atoms with Crippen molar-refractivity contribution in [2.75, 3.05) is 4.90 Å². The minimum absolute atomic E-state index is 0.936. The maximum atomic E-state index is 6.44. The summed E-state index contributed by atoms with van der Waals surface area (Å²) < 4.78 is 6.44. The third kappa shape index (κ3) is 3.53. The van der Waals surface area contributed by atoms with E-state index in [4.69, 9.17) is 9.40 Å². The van der Waals surface area contributed by atoms with Crippen LogP contribution in [0.25, 0.3) is 81.6 Å². The molecule has 7 aromatic carbocycles. The van der Waals surface area contributed by atoms with E-state index in [0.29, 0.717) is 0 Å². The summed E-state index contributed by atoms with van der Waals surface area (Å²) in [6.07, 6.45) is 6.44. The highest BCUT2D eigenvalue weighted by Crippen LogP contribution is 2.55. The van der Waals surface area contributed by atoms with Crippen LogP contribution in [0.5, 0.6) is 0 Å². The van der Waals surface area contributed by atoms with E-state index < -0.39 is 0 Å². The van der Waals surface area contributed by atoms with Gasteiger partial charge in [-0.05, 0) is 64.4 Å². The SMILES string of the molecule is C1=Cc2c(oc3cc(N(c4ccccc4)c4ccc5cc6c7c(ccc8ccc4c5c87)-c4nc(-c5ccccc5)sc4-6)ccc23)CC1. The highest BCUT2D eigenvalue weighted by Gasteiger charge is 2.29. The highest BCUT2D eigenvalue weighted by atomic mass is 32.1. The Hall–Kier alpha value is -5.71. The summed E-state index contributed by atoms with van der Waals surface area (Å²) in [5.74, 6) is 1.09. The van der Waals surface area contributed by atoms with E-state index in [0.717, 1.165) is 51.9 Å². The van der Waals surface area contributed by atoms with Crippen LogP contribution in [0, 0.1) is 0 Å². The maximum absolute atomic E-state index is 6.44. The third-order valence-corrected chi connectivity index (χ3v) is 11.2. The van der Waals surface area contributed by atoms with Gasteiger partial charge >= 0.3 is 0 Å². The lowest BCUT2D eigenvalue weighted by Gasteiger charge is -2.27. The number of aryl methyl sites for hydroxylation is 1. The van der Waals surface area contributed by atoms with Crippen molar-refractivity contribution in [1.82, 2.24) is 4.98 Å². The molecule has 0 radical (unpaired) electrons. The molecule has 2 aliphatic rings. The summed E-state index contributed by atoms with van der Waals surface area (Å²) in [5, 5.41) is 9.97. The fourth-order valence-electron chi connectivity index (χ4n) is 7.95. The van der Waals surface area contributed by atoms with Crippen molar-refractivity contribution in [3.8, 4) is 32.3 Å². The molecule has 9 aromatic rings. The van der Waals surface area contributed by atoms with Crippen molar-refractivity contribution >= 4 is 77.8 Å². The Morgan fingerprint density at radius 3 is 2.36 bits per heavy atom. The summed E-state index contributed by atoms with van der Waals surface area (Å²) in [5.41, 5.74) is 10.3. The van der Waals surface area contributed by atoms with Gasteiger partial charge in [0.2, 0.25) is 0 Å². The largest absolute Gasteiger partial charge is 0.460 e. The molecule has 2 heterocycles. The van der Waals surface area contributed by atoms with Crippen LogP contribution >= 0.6 is 11.3 Å². The molecule has 0 saturated heterocycles. The van der Waals surface area contributed by atoms with E-state index in [1.807, 2.05) is 0 Å². The quantitative estimate of drug-likeness (QED) is 0.184. The molecule has 3 nitrogen and oxygen atoms in total. The smallest absolute Gasteiger partial charge is 0.137 e. The first kappa shape index (κ1) is 25.5. The Balaban J connectivity index is 1.15. The van der Waals surface area contributed by atoms with Gasteiger partial charge in [0.15, 0.2) is 0 Å². The van der Waals surface area contributed by atoms with Gasteiger partial charge in [-0.25, -0.2) is 4.98 Å². The Kier molecular flexibility index (Phi) is 5.10. The zero-order valence-electron chi connectivity index (χ0n) is 25.3. The predicted octanol–water partition coefficient (Wildman–Crippen LogP) is 12.5. The fourth-order valence-corrected chi connectivity index (χ4v) is 9.05. The zero-order chi connectivity index (χ0) is 30.6. The lowest BCUT2D eigenvalue weighted by atomic mass is 9.90. The van der Waals surface area contributed by atoms with Crippen LogP contribution in [-0.4, -0.2) is 4.98 Å². The van der Waals surface area contributed by atoms with Crippen LogP contribution in [0.4, 0.5) is 17.1 Å². The molecule has 0 fully saturated rings. The van der Waals surface area contributed by atoms with Crippen LogP contribution in [-0.2, 0) is 6.42 Å². The molecule has 0 amide bonds. The van der Waals surface area contributed by atoms with Crippen molar-refractivity contribution in [3.05, 3.63) is 139 Å². The van der Waals surface area contributed by atoms with Gasteiger partial charge in [0.05, 0.1) is 16.3 Å². The van der Waals surface area contributed by atoms with E-state index in [2.05, 4.69) is 138 Å². The second-order valence-electron chi connectivity index (χ2n) is 12.6. The van der Waals surface area contributed by atoms with Crippen LogP contribution < -0.4 is 4.90 Å². The van der Waals surface area contributed by atoms with Gasteiger partial charge in [0.25, 0.3) is 0 Å². The van der Waals surface area contributed by atoms with Crippen molar-refractivity contribution in [1.29, 1.82) is 0 Å². The first-order valence-electron chi connectivity index (χ1n) is 16.2. The van der Waals surface area contributed by atoms with E-state index in [1.165, 1.54) is 64.8 Å². The number of allylic oxidation sites excluding steroid dienone is 1. The minimum atomic E-state index is 0.936. The predicted molar refractivity (Wildman–Crippen MR) is 197 cm³/mol. The molecule has 0 saturated carbocycles. The Labute approximate surface area is 275 Å². The molecule has 0 aliphatic heterocycles. The Morgan fingerprint density at radius 1 is 0.660 bits per heavy atom. The second kappa shape index (κ2) is 9.41. The number of furan rings is 1. The highest BCUT2D eigenvalue weighted by molar-refractivity contribution is 7.19. The lowest BCUT2D eigenvalue weighted by molar-refractivity contribution is 0.546. The molecular weight excluding hydrogens is 593 g/mol. The van der Waals surface area contributed by atoms with E-state index in [-0.39, 0.29) is 0 Å². The topological polar surface area (TPSA) is 29.3 Å². The third-order valence-electron chi connectivity index (χ3n) is 10.0. The molecule has 0 spiro atoms. The van der Waals surface area contributed by atoms with Gasteiger partial charge in [-0.15, -0.1) is 11.3 Å². The maximum Gasteiger partial charge on any atom is 0.137 e. The van der Waals surface area contributed by atoms with Crippen LogP contribution in [0.15, 0.2) is 132 Å². The number of fused-ring (bicyclic) bond motifs is 6. The molecule has 4 heteroatoms.